The number of hydrogen-bond donors (Lipinski definition) is 1. The third-order valence-electron chi connectivity index (χ3n) is 4.65. The first kappa shape index (κ1) is 16.2. The SMILES string of the molecule is CCCC([SiH](C)C)C(CC)(C(N)=O)C1=CC(C)=CC1. The Morgan fingerprint density at radius 3 is 2.42 bits per heavy atom. The van der Waals surface area contributed by atoms with Crippen LogP contribution >= 0.6 is 0 Å². The van der Waals surface area contributed by atoms with Crippen LogP contribution in [0.1, 0.15) is 46.5 Å². The smallest absolute Gasteiger partial charge is 0.227 e. The summed E-state index contributed by atoms with van der Waals surface area (Å²) >= 11 is 0. The molecule has 0 saturated carbocycles. The molecule has 0 saturated heterocycles. The third kappa shape index (κ3) is 3.02. The average Bonchev–Trinajstić information content (AvgIpc) is 2.76. The van der Waals surface area contributed by atoms with E-state index in [1.807, 2.05) is 0 Å². The molecule has 2 atom stereocenters. The quantitative estimate of drug-likeness (QED) is 0.708. The van der Waals surface area contributed by atoms with Gasteiger partial charge in [-0.25, -0.2) is 0 Å². The Kier molecular flexibility index (Phi) is 5.59. The number of primary amides is 1. The third-order valence-corrected chi connectivity index (χ3v) is 7.17. The number of nitrogens with two attached hydrogens (primary N) is 1. The van der Waals surface area contributed by atoms with Crippen molar-refractivity contribution in [3.8, 4) is 0 Å². The van der Waals surface area contributed by atoms with Crippen LogP contribution in [0.5, 0.6) is 0 Å². The summed E-state index contributed by atoms with van der Waals surface area (Å²) in [5.41, 5.74) is 8.51. The first-order valence-electron chi connectivity index (χ1n) is 7.57. The van der Waals surface area contributed by atoms with Crippen LogP contribution in [0.4, 0.5) is 0 Å². The van der Waals surface area contributed by atoms with Crippen molar-refractivity contribution < 1.29 is 4.79 Å². The number of amides is 1. The standard InChI is InChI=1S/C16H29NOSi/c1-6-8-14(19(4)5)16(7-2,15(17)18)13-10-9-12(3)11-13/h9,11,14,19H,6-8,10H2,1-5H3,(H2,17,18). The number of carbonyl (C=O) groups is 1. The molecule has 1 aliphatic carbocycles. The highest BCUT2D eigenvalue weighted by Gasteiger charge is 2.46. The molecule has 1 rings (SSSR count). The Labute approximate surface area is 119 Å². The number of hydrogen-bond acceptors (Lipinski definition) is 1. The molecule has 19 heavy (non-hydrogen) atoms. The summed E-state index contributed by atoms with van der Waals surface area (Å²) in [6, 6.07) is 0. The maximum Gasteiger partial charge on any atom is 0.227 e. The lowest BCUT2D eigenvalue weighted by atomic mass is 9.72. The summed E-state index contributed by atoms with van der Waals surface area (Å²) in [7, 11) is -0.943. The van der Waals surface area contributed by atoms with Crippen LogP contribution in [0.15, 0.2) is 23.3 Å². The van der Waals surface area contributed by atoms with E-state index < -0.39 is 14.2 Å². The zero-order valence-electron chi connectivity index (χ0n) is 13.1. The van der Waals surface area contributed by atoms with Gasteiger partial charge in [-0.3, -0.25) is 4.79 Å². The van der Waals surface area contributed by atoms with Crippen molar-refractivity contribution in [3.63, 3.8) is 0 Å². The van der Waals surface area contributed by atoms with Crippen LogP contribution in [0.2, 0.25) is 18.6 Å². The average molecular weight is 280 g/mol. The lowest BCUT2D eigenvalue weighted by Crippen LogP contribution is -2.45. The van der Waals surface area contributed by atoms with E-state index in [-0.39, 0.29) is 5.91 Å². The molecule has 0 fully saturated rings. The van der Waals surface area contributed by atoms with Crippen LogP contribution in [0, 0.1) is 5.41 Å². The van der Waals surface area contributed by atoms with E-state index in [4.69, 9.17) is 5.73 Å². The van der Waals surface area contributed by atoms with E-state index in [1.54, 1.807) is 0 Å². The van der Waals surface area contributed by atoms with Crippen molar-refractivity contribution in [2.75, 3.05) is 0 Å². The summed E-state index contributed by atoms with van der Waals surface area (Å²) in [6.45, 7) is 11.1. The Morgan fingerprint density at radius 2 is 2.11 bits per heavy atom. The summed E-state index contributed by atoms with van der Waals surface area (Å²) < 4.78 is 0. The van der Waals surface area contributed by atoms with Gasteiger partial charge in [-0.2, -0.15) is 0 Å². The fourth-order valence-electron chi connectivity index (χ4n) is 3.68. The molecular formula is C16H29NOSi. The van der Waals surface area contributed by atoms with Crippen molar-refractivity contribution in [2.24, 2.45) is 11.1 Å². The second-order valence-electron chi connectivity index (χ2n) is 6.15. The van der Waals surface area contributed by atoms with Crippen molar-refractivity contribution in [1.29, 1.82) is 0 Å². The monoisotopic (exact) mass is 279 g/mol. The lowest BCUT2D eigenvalue weighted by molar-refractivity contribution is -0.126. The Balaban J connectivity index is 3.26. The van der Waals surface area contributed by atoms with Crippen LogP contribution in [0.3, 0.4) is 0 Å². The maximum atomic E-state index is 12.3. The maximum absolute atomic E-state index is 12.3. The highest BCUT2D eigenvalue weighted by molar-refractivity contribution is 6.58. The van der Waals surface area contributed by atoms with Crippen LogP contribution in [-0.4, -0.2) is 14.7 Å². The molecule has 108 valence electrons. The number of carbonyl (C=O) groups excluding carboxylic acids is 1. The molecule has 0 heterocycles. The van der Waals surface area contributed by atoms with Crippen LogP contribution in [-0.2, 0) is 4.79 Å². The van der Waals surface area contributed by atoms with E-state index in [2.05, 4.69) is 46.0 Å². The van der Waals surface area contributed by atoms with Gasteiger partial charge in [-0.1, -0.05) is 63.1 Å². The minimum Gasteiger partial charge on any atom is -0.369 e. The number of allylic oxidation sites excluding steroid dienone is 3. The molecule has 1 aliphatic rings. The molecular weight excluding hydrogens is 250 g/mol. The molecule has 1 amide bonds. The second-order valence-corrected chi connectivity index (χ2v) is 9.44. The van der Waals surface area contributed by atoms with Gasteiger partial charge in [0.25, 0.3) is 0 Å². The summed E-state index contributed by atoms with van der Waals surface area (Å²) in [4.78, 5) is 12.3. The van der Waals surface area contributed by atoms with Gasteiger partial charge in [0.2, 0.25) is 5.91 Å². The molecule has 3 heteroatoms. The van der Waals surface area contributed by atoms with Crippen molar-refractivity contribution in [2.45, 2.75) is 65.1 Å². The molecule has 2 N–H and O–H groups in total. The second kappa shape index (κ2) is 6.55. The van der Waals surface area contributed by atoms with Crippen molar-refractivity contribution >= 4 is 14.7 Å². The largest absolute Gasteiger partial charge is 0.369 e. The highest BCUT2D eigenvalue weighted by atomic mass is 28.3. The van der Waals surface area contributed by atoms with E-state index in [1.165, 1.54) is 11.1 Å². The predicted molar refractivity (Wildman–Crippen MR) is 85.9 cm³/mol. The fraction of sp³-hybridized carbons (Fsp3) is 0.688. The molecule has 2 nitrogen and oxygen atoms in total. The van der Waals surface area contributed by atoms with Gasteiger partial charge < -0.3 is 5.73 Å². The van der Waals surface area contributed by atoms with Gasteiger partial charge in [-0.05, 0) is 25.3 Å². The van der Waals surface area contributed by atoms with Gasteiger partial charge >= 0.3 is 0 Å². The zero-order chi connectivity index (χ0) is 14.6. The predicted octanol–water partition coefficient (Wildman–Crippen LogP) is 3.80. The molecule has 0 aliphatic heterocycles. The topological polar surface area (TPSA) is 43.1 Å². The summed E-state index contributed by atoms with van der Waals surface area (Å²) in [5, 5.41) is 0. The Hall–Kier alpha value is -0.833. The van der Waals surface area contributed by atoms with Gasteiger partial charge in [0.15, 0.2) is 0 Å². The van der Waals surface area contributed by atoms with Crippen molar-refractivity contribution in [1.82, 2.24) is 0 Å². The van der Waals surface area contributed by atoms with E-state index in [0.717, 1.165) is 25.7 Å². The van der Waals surface area contributed by atoms with Gasteiger partial charge in [0.05, 0.1) is 5.41 Å². The number of rotatable bonds is 7. The molecule has 0 radical (unpaired) electrons. The van der Waals surface area contributed by atoms with Crippen LogP contribution in [0.25, 0.3) is 0 Å². The van der Waals surface area contributed by atoms with Gasteiger partial charge in [0, 0.05) is 8.80 Å². The highest BCUT2D eigenvalue weighted by Crippen LogP contribution is 2.50. The van der Waals surface area contributed by atoms with E-state index in [9.17, 15) is 4.79 Å². The van der Waals surface area contributed by atoms with Gasteiger partial charge in [0.1, 0.15) is 0 Å². The normalized spacial score (nSPS) is 19.9. The molecule has 0 aromatic heterocycles. The molecule has 0 aromatic carbocycles. The Morgan fingerprint density at radius 1 is 1.47 bits per heavy atom. The lowest BCUT2D eigenvalue weighted by Gasteiger charge is -2.41. The Bertz CT molecular complexity index is 398. The summed E-state index contributed by atoms with van der Waals surface area (Å²) in [6.07, 6.45) is 8.41. The molecule has 0 spiro atoms. The molecule has 0 bridgehead atoms. The minimum absolute atomic E-state index is 0.107. The molecule has 2 unspecified atom stereocenters. The minimum atomic E-state index is -0.943. The zero-order valence-corrected chi connectivity index (χ0v) is 14.3. The first-order valence-corrected chi connectivity index (χ1v) is 10.5. The molecule has 0 aromatic rings. The van der Waals surface area contributed by atoms with E-state index >= 15 is 0 Å². The van der Waals surface area contributed by atoms with Crippen LogP contribution < -0.4 is 5.73 Å². The van der Waals surface area contributed by atoms with Gasteiger partial charge in [-0.15, -0.1) is 0 Å². The summed E-state index contributed by atoms with van der Waals surface area (Å²) in [5.74, 6) is -0.107. The first-order chi connectivity index (χ1) is 8.90. The van der Waals surface area contributed by atoms with Crippen molar-refractivity contribution in [3.05, 3.63) is 23.3 Å². The fourth-order valence-corrected chi connectivity index (χ4v) is 6.43. The van der Waals surface area contributed by atoms with E-state index in [0.29, 0.717) is 5.54 Å².